The summed E-state index contributed by atoms with van der Waals surface area (Å²) in [7, 11) is 0. The number of para-hydroxylation sites is 1. The largest absolute Gasteiger partial charge is 0.486 e. The molecule has 96 valence electrons. The summed E-state index contributed by atoms with van der Waals surface area (Å²) in [6, 6.07) is 11.4. The van der Waals surface area contributed by atoms with Crippen molar-refractivity contribution in [3.05, 3.63) is 59.0 Å². The van der Waals surface area contributed by atoms with Crippen LogP contribution in [-0.4, -0.2) is 9.38 Å². The Morgan fingerprint density at radius 3 is 2.95 bits per heavy atom. The zero-order chi connectivity index (χ0) is 13.2. The summed E-state index contributed by atoms with van der Waals surface area (Å²) in [6.45, 7) is 0.421. The average Bonchev–Trinajstić information content (AvgIpc) is 2.79. The fourth-order valence-corrected chi connectivity index (χ4v) is 2.23. The van der Waals surface area contributed by atoms with Gasteiger partial charge in [-0.1, -0.05) is 12.1 Å². The van der Waals surface area contributed by atoms with E-state index in [4.69, 9.17) is 10.5 Å². The summed E-state index contributed by atoms with van der Waals surface area (Å²) < 4.78 is 8.59. The molecule has 3 rings (SSSR count). The minimum Gasteiger partial charge on any atom is -0.486 e. The number of fused-ring (bicyclic) bond motifs is 1. The van der Waals surface area contributed by atoms with Gasteiger partial charge >= 0.3 is 0 Å². The van der Waals surface area contributed by atoms with Gasteiger partial charge in [0.15, 0.2) is 0 Å². The lowest BCUT2D eigenvalue weighted by Crippen LogP contribution is -1.95. The molecule has 2 N–H and O–H groups in total. The molecule has 0 aliphatic heterocycles. The molecule has 0 spiro atoms. The molecule has 3 aromatic rings. The first-order valence-corrected chi connectivity index (χ1v) is 6.62. The molecule has 2 aromatic heterocycles. The summed E-state index contributed by atoms with van der Waals surface area (Å²) in [5.41, 5.74) is 8.12. The smallest absolute Gasteiger partial charge is 0.139 e. The number of nitrogen functional groups attached to an aromatic ring is 1. The van der Waals surface area contributed by atoms with E-state index in [-0.39, 0.29) is 0 Å². The van der Waals surface area contributed by atoms with Crippen molar-refractivity contribution >= 4 is 27.3 Å². The quantitative estimate of drug-likeness (QED) is 0.806. The van der Waals surface area contributed by atoms with Crippen molar-refractivity contribution in [3.63, 3.8) is 0 Å². The minimum absolute atomic E-state index is 0.421. The van der Waals surface area contributed by atoms with Crippen LogP contribution in [0.4, 0.5) is 5.69 Å². The van der Waals surface area contributed by atoms with Crippen molar-refractivity contribution in [2.75, 3.05) is 5.73 Å². The second kappa shape index (κ2) is 4.93. The minimum atomic E-state index is 0.421. The molecule has 1 aromatic carbocycles. The van der Waals surface area contributed by atoms with Gasteiger partial charge in [0.1, 0.15) is 18.0 Å². The predicted molar refractivity (Wildman–Crippen MR) is 78.1 cm³/mol. The molecule has 0 saturated heterocycles. The van der Waals surface area contributed by atoms with Crippen molar-refractivity contribution in [3.8, 4) is 5.75 Å². The Balaban J connectivity index is 1.80. The number of nitrogens with zero attached hydrogens (tertiary/aromatic N) is 2. The number of imidazole rings is 1. The van der Waals surface area contributed by atoms with Gasteiger partial charge in [0.05, 0.1) is 10.2 Å². The molecule has 0 amide bonds. The summed E-state index contributed by atoms with van der Waals surface area (Å²) in [5, 5.41) is 0. The third-order valence-electron chi connectivity index (χ3n) is 2.75. The molecule has 19 heavy (non-hydrogen) atoms. The first-order valence-electron chi connectivity index (χ1n) is 5.83. The number of halogens is 1. The van der Waals surface area contributed by atoms with Crippen LogP contribution in [0.25, 0.3) is 5.65 Å². The second-order valence-electron chi connectivity index (χ2n) is 4.18. The Bertz CT molecular complexity index is 724. The highest BCUT2D eigenvalue weighted by molar-refractivity contribution is 9.10. The number of aromatic nitrogens is 2. The van der Waals surface area contributed by atoms with Gasteiger partial charge in [0, 0.05) is 24.1 Å². The fraction of sp³-hybridized carbons (Fsp3) is 0.0714. The molecule has 4 nitrogen and oxygen atoms in total. The van der Waals surface area contributed by atoms with E-state index in [0.29, 0.717) is 12.3 Å². The Labute approximate surface area is 119 Å². The summed E-state index contributed by atoms with van der Waals surface area (Å²) >= 11 is 3.45. The molecule has 2 heterocycles. The fourth-order valence-electron chi connectivity index (χ4n) is 1.83. The molecule has 0 aliphatic rings. The Morgan fingerprint density at radius 1 is 1.26 bits per heavy atom. The molecule has 0 saturated carbocycles. The third-order valence-corrected chi connectivity index (χ3v) is 3.40. The normalized spacial score (nSPS) is 10.8. The average molecular weight is 318 g/mol. The molecule has 0 unspecified atom stereocenters. The maximum atomic E-state index is 5.73. The van der Waals surface area contributed by atoms with E-state index >= 15 is 0 Å². The summed E-state index contributed by atoms with van der Waals surface area (Å²) in [5.74, 6) is 0.805. The van der Waals surface area contributed by atoms with E-state index in [9.17, 15) is 0 Å². The van der Waals surface area contributed by atoms with E-state index in [0.717, 1.165) is 21.6 Å². The van der Waals surface area contributed by atoms with Crippen molar-refractivity contribution in [2.45, 2.75) is 6.61 Å². The van der Waals surface area contributed by atoms with Crippen molar-refractivity contribution in [2.24, 2.45) is 0 Å². The predicted octanol–water partition coefficient (Wildman–Crippen LogP) is 3.26. The van der Waals surface area contributed by atoms with E-state index in [1.54, 1.807) is 0 Å². The molecule has 5 heteroatoms. The first-order chi connectivity index (χ1) is 9.22. The third kappa shape index (κ3) is 2.56. The van der Waals surface area contributed by atoms with Crippen LogP contribution >= 0.6 is 15.9 Å². The molecular formula is C14H12BrN3O. The summed E-state index contributed by atoms with van der Waals surface area (Å²) in [4.78, 5) is 4.46. The molecular weight excluding hydrogens is 306 g/mol. The van der Waals surface area contributed by atoms with E-state index < -0.39 is 0 Å². The lowest BCUT2D eigenvalue weighted by molar-refractivity contribution is 0.300. The van der Waals surface area contributed by atoms with Crippen molar-refractivity contribution in [1.82, 2.24) is 9.38 Å². The van der Waals surface area contributed by atoms with Crippen molar-refractivity contribution < 1.29 is 4.74 Å². The molecule has 0 fully saturated rings. The van der Waals surface area contributed by atoms with Crippen LogP contribution in [-0.2, 0) is 6.61 Å². The second-order valence-corrected chi connectivity index (χ2v) is 5.03. The maximum absolute atomic E-state index is 5.73. The standard InChI is InChI=1S/C14H12BrN3O/c15-12-3-1-2-4-13(12)19-9-11-8-18-6-5-10(16)7-14(18)17-11/h1-8H,9,16H2. The monoisotopic (exact) mass is 317 g/mol. The summed E-state index contributed by atoms with van der Waals surface area (Å²) in [6.07, 6.45) is 3.82. The molecule has 0 atom stereocenters. The molecule has 0 radical (unpaired) electrons. The van der Waals surface area contributed by atoms with E-state index in [1.807, 2.05) is 53.2 Å². The lowest BCUT2D eigenvalue weighted by Gasteiger charge is -2.05. The number of anilines is 1. The van der Waals surface area contributed by atoms with E-state index in [1.165, 1.54) is 0 Å². The van der Waals surface area contributed by atoms with Crippen LogP contribution in [0.1, 0.15) is 5.69 Å². The zero-order valence-corrected chi connectivity index (χ0v) is 11.7. The number of benzene rings is 1. The van der Waals surface area contributed by atoms with Gasteiger partial charge in [-0.15, -0.1) is 0 Å². The number of ether oxygens (including phenoxy) is 1. The number of pyridine rings is 1. The topological polar surface area (TPSA) is 52.5 Å². The number of hydrogen-bond acceptors (Lipinski definition) is 3. The molecule has 0 bridgehead atoms. The van der Waals surface area contributed by atoms with Gasteiger partial charge < -0.3 is 14.9 Å². The van der Waals surface area contributed by atoms with Crippen LogP contribution in [0, 0.1) is 0 Å². The number of rotatable bonds is 3. The first kappa shape index (κ1) is 12.0. The highest BCUT2D eigenvalue weighted by Crippen LogP contribution is 2.24. The highest BCUT2D eigenvalue weighted by Gasteiger charge is 2.04. The van der Waals surface area contributed by atoms with Gasteiger partial charge in [-0.25, -0.2) is 4.98 Å². The highest BCUT2D eigenvalue weighted by atomic mass is 79.9. The number of hydrogen-bond donors (Lipinski definition) is 1. The van der Waals surface area contributed by atoms with Crippen LogP contribution in [0.5, 0.6) is 5.75 Å². The Morgan fingerprint density at radius 2 is 2.11 bits per heavy atom. The number of nitrogens with two attached hydrogens (primary N) is 1. The SMILES string of the molecule is Nc1ccn2cc(COc3ccccc3Br)nc2c1. The Kier molecular flexibility index (Phi) is 3.13. The van der Waals surface area contributed by atoms with Gasteiger partial charge in [-0.3, -0.25) is 0 Å². The van der Waals surface area contributed by atoms with Crippen LogP contribution in [0.15, 0.2) is 53.3 Å². The van der Waals surface area contributed by atoms with Crippen LogP contribution in [0.3, 0.4) is 0 Å². The molecule has 0 aliphatic carbocycles. The lowest BCUT2D eigenvalue weighted by atomic mass is 10.3. The van der Waals surface area contributed by atoms with Crippen LogP contribution in [0.2, 0.25) is 0 Å². The van der Waals surface area contributed by atoms with Crippen molar-refractivity contribution in [1.29, 1.82) is 0 Å². The van der Waals surface area contributed by atoms with Crippen LogP contribution < -0.4 is 10.5 Å². The van der Waals surface area contributed by atoms with Gasteiger partial charge in [-0.2, -0.15) is 0 Å². The van der Waals surface area contributed by atoms with Gasteiger partial charge in [0.25, 0.3) is 0 Å². The Hall–Kier alpha value is -2.01. The zero-order valence-electron chi connectivity index (χ0n) is 10.1. The van der Waals surface area contributed by atoms with E-state index in [2.05, 4.69) is 20.9 Å². The van der Waals surface area contributed by atoms with Gasteiger partial charge in [-0.05, 0) is 34.1 Å². The maximum Gasteiger partial charge on any atom is 0.139 e. The van der Waals surface area contributed by atoms with Gasteiger partial charge in [0.2, 0.25) is 0 Å².